The second-order valence-electron chi connectivity index (χ2n) is 5.03. The van der Waals surface area contributed by atoms with Gasteiger partial charge >= 0.3 is 0 Å². The van der Waals surface area contributed by atoms with E-state index in [-0.39, 0.29) is 12.4 Å². The SMILES string of the molecule is Cl.Nc1ccc(C2=C(Cl)CC(Cl)(Nc3cnccn3)C=C2)cc1. The first-order chi connectivity index (χ1) is 10.6. The first-order valence-electron chi connectivity index (χ1n) is 6.73. The number of nitrogens with zero attached hydrogens (tertiary/aromatic N) is 2. The molecule has 0 bridgehead atoms. The number of alkyl halides is 1. The maximum absolute atomic E-state index is 6.58. The van der Waals surface area contributed by atoms with E-state index in [0.717, 1.165) is 16.8 Å². The number of rotatable bonds is 3. The van der Waals surface area contributed by atoms with Crippen molar-refractivity contribution in [2.75, 3.05) is 11.1 Å². The van der Waals surface area contributed by atoms with Crippen molar-refractivity contribution < 1.29 is 0 Å². The summed E-state index contributed by atoms with van der Waals surface area (Å²) in [6.07, 6.45) is 9.06. The van der Waals surface area contributed by atoms with E-state index in [0.29, 0.717) is 17.3 Å². The van der Waals surface area contributed by atoms with Gasteiger partial charge in [0.2, 0.25) is 0 Å². The zero-order valence-corrected chi connectivity index (χ0v) is 14.4. The standard InChI is InChI=1S/C16H14Cl2N4.ClH/c17-14-9-16(18,22-15-10-20-7-8-21-15)6-5-13(14)11-1-3-12(19)4-2-11;/h1-8,10H,9,19H2,(H,21,22);1H. The molecule has 7 heteroatoms. The summed E-state index contributed by atoms with van der Waals surface area (Å²) in [6.45, 7) is 0. The van der Waals surface area contributed by atoms with Crippen LogP contribution < -0.4 is 11.1 Å². The van der Waals surface area contributed by atoms with Gasteiger partial charge in [-0.1, -0.05) is 41.4 Å². The van der Waals surface area contributed by atoms with Crippen molar-refractivity contribution in [3.63, 3.8) is 0 Å². The van der Waals surface area contributed by atoms with Crippen molar-refractivity contribution >= 4 is 52.7 Å². The van der Waals surface area contributed by atoms with Gasteiger partial charge in [0, 0.05) is 29.5 Å². The summed E-state index contributed by atoms with van der Waals surface area (Å²) in [7, 11) is 0. The summed E-state index contributed by atoms with van der Waals surface area (Å²) >= 11 is 13.0. The molecule has 1 aromatic heterocycles. The number of nitrogens with one attached hydrogen (secondary N) is 1. The number of allylic oxidation sites excluding steroid dienone is 2. The Balaban J connectivity index is 0.00000192. The summed E-state index contributed by atoms with van der Waals surface area (Å²) in [6, 6.07) is 7.57. The first-order valence-corrected chi connectivity index (χ1v) is 7.48. The van der Waals surface area contributed by atoms with Gasteiger partial charge in [-0.2, -0.15) is 0 Å². The Morgan fingerprint density at radius 1 is 1.17 bits per heavy atom. The fourth-order valence-corrected chi connectivity index (χ4v) is 3.01. The minimum absolute atomic E-state index is 0. The third-order valence-corrected chi connectivity index (χ3v) is 4.03. The van der Waals surface area contributed by atoms with E-state index in [9.17, 15) is 0 Å². The molecule has 1 heterocycles. The lowest BCUT2D eigenvalue weighted by atomic mass is 9.96. The summed E-state index contributed by atoms with van der Waals surface area (Å²) in [5, 5.41) is 3.81. The quantitative estimate of drug-likeness (QED) is 0.477. The maximum atomic E-state index is 6.58. The molecule has 2 aromatic rings. The largest absolute Gasteiger partial charge is 0.399 e. The van der Waals surface area contributed by atoms with Gasteiger partial charge in [-0.25, -0.2) is 4.98 Å². The highest BCUT2D eigenvalue weighted by molar-refractivity contribution is 6.35. The van der Waals surface area contributed by atoms with Crippen LogP contribution >= 0.6 is 35.6 Å². The van der Waals surface area contributed by atoms with Gasteiger partial charge in [0.1, 0.15) is 10.8 Å². The van der Waals surface area contributed by atoms with Gasteiger partial charge in [-0.05, 0) is 29.3 Å². The molecule has 3 N–H and O–H groups in total. The van der Waals surface area contributed by atoms with Crippen molar-refractivity contribution in [1.82, 2.24) is 9.97 Å². The van der Waals surface area contributed by atoms with Crippen LogP contribution in [0.5, 0.6) is 0 Å². The number of nitrogens with two attached hydrogens (primary N) is 1. The Labute approximate surface area is 150 Å². The van der Waals surface area contributed by atoms with Crippen molar-refractivity contribution in [1.29, 1.82) is 0 Å². The van der Waals surface area contributed by atoms with Gasteiger partial charge in [-0.15, -0.1) is 12.4 Å². The Bertz CT molecular complexity index is 729. The predicted molar refractivity (Wildman–Crippen MR) is 98.9 cm³/mol. The van der Waals surface area contributed by atoms with Crippen LogP contribution in [0.25, 0.3) is 5.57 Å². The summed E-state index contributed by atoms with van der Waals surface area (Å²) < 4.78 is 0. The van der Waals surface area contributed by atoms with Crippen molar-refractivity contribution in [3.05, 3.63) is 65.6 Å². The molecule has 0 saturated heterocycles. The molecule has 23 heavy (non-hydrogen) atoms. The fraction of sp³-hybridized carbons (Fsp3) is 0.125. The summed E-state index contributed by atoms with van der Waals surface area (Å²) in [4.78, 5) is 7.36. The third kappa shape index (κ3) is 4.16. The minimum Gasteiger partial charge on any atom is -0.399 e. The van der Waals surface area contributed by atoms with Gasteiger partial charge < -0.3 is 11.1 Å². The molecule has 1 aromatic carbocycles. The molecule has 0 radical (unpaired) electrons. The average molecular weight is 370 g/mol. The molecule has 1 aliphatic carbocycles. The zero-order chi connectivity index (χ0) is 15.6. The van der Waals surface area contributed by atoms with Crippen LogP contribution in [0.2, 0.25) is 0 Å². The fourth-order valence-electron chi connectivity index (χ4n) is 2.26. The van der Waals surface area contributed by atoms with Gasteiger partial charge in [0.25, 0.3) is 0 Å². The Morgan fingerprint density at radius 3 is 2.52 bits per heavy atom. The van der Waals surface area contributed by atoms with E-state index in [2.05, 4.69) is 15.3 Å². The van der Waals surface area contributed by atoms with E-state index in [1.54, 1.807) is 18.6 Å². The number of anilines is 2. The molecule has 0 saturated carbocycles. The lowest BCUT2D eigenvalue weighted by molar-refractivity contribution is 0.785. The van der Waals surface area contributed by atoms with Gasteiger partial charge in [0.15, 0.2) is 0 Å². The zero-order valence-electron chi connectivity index (χ0n) is 12.0. The average Bonchev–Trinajstić information content (AvgIpc) is 2.49. The normalized spacial score (nSPS) is 20.1. The van der Waals surface area contributed by atoms with Gasteiger partial charge in [0.05, 0.1) is 6.20 Å². The molecule has 3 rings (SSSR count). The van der Waals surface area contributed by atoms with E-state index in [1.165, 1.54) is 0 Å². The summed E-state index contributed by atoms with van der Waals surface area (Å²) in [5.74, 6) is 0.600. The highest BCUT2D eigenvalue weighted by Crippen LogP contribution is 2.38. The lowest BCUT2D eigenvalue weighted by Crippen LogP contribution is -2.31. The van der Waals surface area contributed by atoms with Crippen LogP contribution in [-0.2, 0) is 0 Å². The topological polar surface area (TPSA) is 63.8 Å². The van der Waals surface area contributed by atoms with Crippen LogP contribution in [0, 0.1) is 0 Å². The second-order valence-corrected chi connectivity index (χ2v) is 6.16. The molecule has 0 fully saturated rings. The number of benzene rings is 1. The number of halogens is 3. The van der Waals surface area contributed by atoms with Gasteiger partial charge in [-0.3, -0.25) is 4.98 Å². The Kier molecular flexibility index (Phi) is 5.52. The molecule has 1 atom stereocenters. The van der Waals surface area contributed by atoms with Crippen molar-refractivity contribution in [2.24, 2.45) is 0 Å². The van der Waals surface area contributed by atoms with Crippen molar-refractivity contribution in [2.45, 2.75) is 11.4 Å². The van der Waals surface area contributed by atoms with Crippen LogP contribution in [0.3, 0.4) is 0 Å². The Hall–Kier alpha value is -1.75. The third-order valence-electron chi connectivity index (χ3n) is 3.34. The number of hydrogen-bond donors (Lipinski definition) is 2. The highest BCUT2D eigenvalue weighted by Gasteiger charge is 2.30. The van der Waals surface area contributed by atoms with Crippen LogP contribution in [-0.4, -0.2) is 15.0 Å². The van der Waals surface area contributed by atoms with Crippen LogP contribution in [0.15, 0.2) is 60.0 Å². The number of hydrogen-bond acceptors (Lipinski definition) is 4. The minimum atomic E-state index is -0.815. The molecular weight excluding hydrogens is 355 g/mol. The molecule has 1 unspecified atom stereocenters. The van der Waals surface area contributed by atoms with E-state index in [1.807, 2.05) is 36.4 Å². The van der Waals surface area contributed by atoms with E-state index in [4.69, 9.17) is 28.9 Å². The second kappa shape index (κ2) is 7.21. The molecule has 4 nitrogen and oxygen atoms in total. The maximum Gasteiger partial charge on any atom is 0.146 e. The molecule has 0 amide bonds. The number of aromatic nitrogens is 2. The highest BCUT2D eigenvalue weighted by atomic mass is 35.5. The first kappa shape index (κ1) is 17.6. The van der Waals surface area contributed by atoms with E-state index >= 15 is 0 Å². The van der Waals surface area contributed by atoms with Crippen LogP contribution in [0.4, 0.5) is 11.5 Å². The Morgan fingerprint density at radius 2 is 1.91 bits per heavy atom. The molecule has 0 spiro atoms. The molecule has 120 valence electrons. The monoisotopic (exact) mass is 368 g/mol. The van der Waals surface area contributed by atoms with Crippen molar-refractivity contribution in [3.8, 4) is 0 Å². The predicted octanol–water partition coefficient (Wildman–Crippen LogP) is 4.44. The smallest absolute Gasteiger partial charge is 0.146 e. The molecular formula is C16H15Cl3N4. The van der Waals surface area contributed by atoms with E-state index < -0.39 is 5.00 Å². The summed E-state index contributed by atoms with van der Waals surface area (Å²) in [5.41, 5.74) is 8.38. The molecule has 1 aliphatic rings. The number of nitrogen functional groups attached to an aromatic ring is 1. The lowest BCUT2D eigenvalue weighted by Gasteiger charge is -2.29. The molecule has 0 aliphatic heterocycles. The van der Waals surface area contributed by atoms with Crippen LogP contribution in [0.1, 0.15) is 12.0 Å².